The Morgan fingerprint density at radius 3 is 2.78 bits per heavy atom. The van der Waals surface area contributed by atoms with Crippen molar-refractivity contribution in [2.45, 2.75) is 32.2 Å². The average molecular weight is 251 g/mol. The summed E-state index contributed by atoms with van der Waals surface area (Å²) in [4.78, 5) is 10.8. The molecule has 1 aliphatic heterocycles. The number of rotatable bonds is 4. The molecule has 5 nitrogen and oxygen atoms in total. The van der Waals surface area contributed by atoms with Gasteiger partial charge in [-0.1, -0.05) is 19.9 Å². The first-order valence-corrected chi connectivity index (χ1v) is 5.90. The molecule has 0 spiro atoms. The van der Waals surface area contributed by atoms with Crippen LogP contribution in [0.15, 0.2) is 12.1 Å². The molecule has 1 aliphatic rings. The highest BCUT2D eigenvalue weighted by Crippen LogP contribution is 2.42. The maximum atomic E-state index is 10.8. The number of aliphatic carboxylic acids is 1. The first-order chi connectivity index (χ1) is 8.50. The molecular formula is C13H17NO4. The van der Waals surface area contributed by atoms with Crippen molar-refractivity contribution < 1.29 is 19.4 Å². The lowest BCUT2D eigenvalue weighted by atomic mass is 9.90. The predicted octanol–water partition coefficient (Wildman–Crippen LogP) is 2.01. The highest BCUT2D eigenvalue weighted by molar-refractivity contribution is 5.68. The van der Waals surface area contributed by atoms with Crippen LogP contribution in [-0.2, 0) is 4.79 Å². The first-order valence-electron chi connectivity index (χ1n) is 5.90. The van der Waals surface area contributed by atoms with Crippen molar-refractivity contribution in [1.29, 1.82) is 0 Å². The van der Waals surface area contributed by atoms with Crippen LogP contribution in [0, 0.1) is 0 Å². The molecule has 1 atom stereocenters. The van der Waals surface area contributed by atoms with Gasteiger partial charge in [0.25, 0.3) is 0 Å². The van der Waals surface area contributed by atoms with Gasteiger partial charge in [-0.15, -0.1) is 0 Å². The molecule has 0 saturated carbocycles. The van der Waals surface area contributed by atoms with Crippen molar-refractivity contribution in [1.82, 2.24) is 0 Å². The number of benzene rings is 1. The van der Waals surface area contributed by atoms with Gasteiger partial charge in [0, 0.05) is 11.6 Å². The van der Waals surface area contributed by atoms with Crippen molar-refractivity contribution in [3.63, 3.8) is 0 Å². The van der Waals surface area contributed by atoms with Crippen molar-refractivity contribution in [2.24, 2.45) is 5.73 Å². The zero-order valence-electron chi connectivity index (χ0n) is 10.5. The summed E-state index contributed by atoms with van der Waals surface area (Å²) in [6, 6.07) is 3.08. The number of fused-ring (bicyclic) bond motifs is 1. The van der Waals surface area contributed by atoms with E-state index < -0.39 is 12.0 Å². The summed E-state index contributed by atoms with van der Waals surface area (Å²) in [5, 5.41) is 8.83. The highest BCUT2D eigenvalue weighted by atomic mass is 16.7. The molecule has 3 N–H and O–H groups in total. The fourth-order valence-corrected chi connectivity index (χ4v) is 2.23. The van der Waals surface area contributed by atoms with Crippen LogP contribution in [0.2, 0.25) is 0 Å². The molecule has 0 radical (unpaired) electrons. The van der Waals surface area contributed by atoms with Gasteiger partial charge in [0.1, 0.15) is 0 Å². The molecule has 1 aromatic rings. The van der Waals surface area contributed by atoms with E-state index in [1.807, 2.05) is 19.9 Å². The molecule has 2 rings (SSSR count). The number of hydrogen-bond acceptors (Lipinski definition) is 4. The summed E-state index contributed by atoms with van der Waals surface area (Å²) < 4.78 is 10.8. The molecular weight excluding hydrogens is 234 g/mol. The number of carboxylic acid groups (broad SMARTS) is 1. The van der Waals surface area contributed by atoms with E-state index in [0.717, 1.165) is 11.1 Å². The molecule has 0 bridgehead atoms. The zero-order valence-corrected chi connectivity index (χ0v) is 10.5. The Labute approximate surface area is 106 Å². The average Bonchev–Trinajstić information content (AvgIpc) is 2.73. The van der Waals surface area contributed by atoms with Gasteiger partial charge in [0.2, 0.25) is 6.79 Å². The normalized spacial score (nSPS) is 14.9. The largest absolute Gasteiger partial charge is 0.481 e. The highest BCUT2D eigenvalue weighted by Gasteiger charge is 2.25. The van der Waals surface area contributed by atoms with E-state index in [2.05, 4.69) is 0 Å². The van der Waals surface area contributed by atoms with Crippen LogP contribution in [-0.4, -0.2) is 17.9 Å². The second-order valence-electron chi connectivity index (χ2n) is 4.66. The van der Waals surface area contributed by atoms with Crippen molar-refractivity contribution >= 4 is 5.97 Å². The van der Waals surface area contributed by atoms with Crippen molar-refractivity contribution in [3.05, 3.63) is 23.3 Å². The molecule has 1 aromatic carbocycles. The van der Waals surface area contributed by atoms with E-state index in [9.17, 15) is 4.79 Å². The van der Waals surface area contributed by atoms with Crippen molar-refractivity contribution in [3.8, 4) is 11.5 Å². The standard InChI is InChI=1S/C13H17NO4/c1-7(2)12-8(9(14)5-11(15)16)3-4-10-13(12)18-6-17-10/h3-4,7,9H,5-6,14H2,1-2H3,(H,15,16). The number of carbonyl (C=O) groups is 1. The van der Waals surface area contributed by atoms with Crippen molar-refractivity contribution in [2.75, 3.05) is 6.79 Å². The van der Waals surface area contributed by atoms with Gasteiger partial charge in [-0.05, 0) is 17.5 Å². The predicted molar refractivity (Wildman–Crippen MR) is 65.8 cm³/mol. The molecule has 5 heteroatoms. The summed E-state index contributed by atoms with van der Waals surface area (Å²) in [6.07, 6.45) is -0.0979. The third-order valence-corrected chi connectivity index (χ3v) is 2.98. The van der Waals surface area contributed by atoms with Crippen LogP contribution in [0.4, 0.5) is 0 Å². The van der Waals surface area contributed by atoms with Crippen LogP contribution < -0.4 is 15.2 Å². The lowest BCUT2D eigenvalue weighted by Crippen LogP contribution is -2.17. The van der Waals surface area contributed by atoms with Gasteiger partial charge >= 0.3 is 5.97 Å². The second-order valence-corrected chi connectivity index (χ2v) is 4.66. The number of carboxylic acids is 1. The fourth-order valence-electron chi connectivity index (χ4n) is 2.23. The quantitative estimate of drug-likeness (QED) is 0.855. The van der Waals surface area contributed by atoms with E-state index in [1.165, 1.54) is 0 Å². The Morgan fingerprint density at radius 2 is 2.17 bits per heavy atom. The van der Waals surface area contributed by atoms with Crippen LogP contribution in [0.5, 0.6) is 11.5 Å². The summed E-state index contributed by atoms with van der Waals surface area (Å²) in [6.45, 7) is 4.25. The summed E-state index contributed by atoms with van der Waals surface area (Å²) >= 11 is 0. The Bertz CT molecular complexity index is 470. The second kappa shape index (κ2) is 4.86. The van der Waals surface area contributed by atoms with Gasteiger partial charge in [0.05, 0.1) is 6.42 Å². The minimum absolute atomic E-state index is 0.0979. The van der Waals surface area contributed by atoms with E-state index in [4.69, 9.17) is 20.3 Å². The molecule has 0 saturated heterocycles. The molecule has 0 aliphatic carbocycles. The molecule has 1 unspecified atom stereocenters. The van der Waals surface area contributed by atoms with Gasteiger partial charge in [0.15, 0.2) is 11.5 Å². The van der Waals surface area contributed by atoms with Gasteiger partial charge in [-0.25, -0.2) is 0 Å². The Kier molecular flexibility index (Phi) is 3.43. The van der Waals surface area contributed by atoms with Crippen LogP contribution in [0.3, 0.4) is 0 Å². The Morgan fingerprint density at radius 1 is 1.44 bits per heavy atom. The van der Waals surface area contributed by atoms with Gasteiger partial charge in [-0.3, -0.25) is 4.79 Å². The molecule has 0 aromatic heterocycles. The molecule has 18 heavy (non-hydrogen) atoms. The fraction of sp³-hybridized carbons (Fsp3) is 0.462. The van der Waals surface area contributed by atoms with E-state index in [1.54, 1.807) is 6.07 Å². The number of nitrogens with two attached hydrogens (primary N) is 1. The minimum atomic E-state index is -0.908. The molecule has 1 heterocycles. The lowest BCUT2D eigenvalue weighted by molar-refractivity contribution is -0.137. The van der Waals surface area contributed by atoms with Crippen LogP contribution in [0.25, 0.3) is 0 Å². The van der Waals surface area contributed by atoms with Gasteiger partial charge in [-0.2, -0.15) is 0 Å². The number of hydrogen-bond donors (Lipinski definition) is 2. The monoisotopic (exact) mass is 251 g/mol. The van der Waals surface area contributed by atoms with E-state index in [0.29, 0.717) is 11.5 Å². The molecule has 0 fully saturated rings. The lowest BCUT2D eigenvalue weighted by Gasteiger charge is -2.19. The molecule has 0 amide bonds. The first kappa shape index (κ1) is 12.7. The molecule has 98 valence electrons. The minimum Gasteiger partial charge on any atom is -0.481 e. The Hall–Kier alpha value is -1.75. The summed E-state index contributed by atoms with van der Waals surface area (Å²) in [5.41, 5.74) is 7.71. The smallest absolute Gasteiger partial charge is 0.305 e. The number of ether oxygens (including phenoxy) is 2. The van der Waals surface area contributed by atoms with E-state index in [-0.39, 0.29) is 19.1 Å². The SMILES string of the molecule is CC(C)c1c(C(N)CC(=O)O)ccc2c1OCO2. The summed E-state index contributed by atoms with van der Waals surface area (Å²) in [7, 11) is 0. The Balaban J connectivity index is 2.44. The van der Waals surface area contributed by atoms with E-state index >= 15 is 0 Å². The van der Waals surface area contributed by atoms with Crippen LogP contribution >= 0.6 is 0 Å². The van der Waals surface area contributed by atoms with Gasteiger partial charge < -0.3 is 20.3 Å². The maximum absolute atomic E-state index is 10.8. The maximum Gasteiger partial charge on any atom is 0.305 e. The topological polar surface area (TPSA) is 81.8 Å². The van der Waals surface area contributed by atoms with Crippen LogP contribution in [0.1, 0.15) is 43.4 Å². The third kappa shape index (κ3) is 2.26. The third-order valence-electron chi connectivity index (χ3n) is 2.98. The summed E-state index contributed by atoms with van der Waals surface area (Å²) in [5.74, 6) is 0.680. The zero-order chi connectivity index (χ0) is 13.3.